The molecule has 3 nitrogen and oxygen atoms in total. The maximum atomic E-state index is 13.8. The number of halogens is 2. The van der Waals surface area contributed by atoms with Crippen LogP contribution in [0.4, 0.5) is 8.78 Å². The molecule has 0 spiro atoms. The number of hydrogen-bond donors (Lipinski definition) is 0. The van der Waals surface area contributed by atoms with Crippen LogP contribution in [0.5, 0.6) is 0 Å². The molecule has 0 saturated heterocycles. The highest BCUT2D eigenvalue weighted by Crippen LogP contribution is 2.26. The second kappa shape index (κ2) is 3.84. The van der Waals surface area contributed by atoms with Gasteiger partial charge in [-0.1, -0.05) is 11.3 Å². The van der Waals surface area contributed by atoms with Gasteiger partial charge in [-0.3, -0.25) is 0 Å². The fraction of sp³-hybridized carbons (Fsp3) is 0.167. The Bertz CT molecular complexity index is 714. The molecule has 6 heteroatoms. The SMILES string of the molecule is Cc1nn2cc(-c3cc(F)c(C)cc3F)nc2s1. The van der Waals surface area contributed by atoms with Gasteiger partial charge in [-0.25, -0.2) is 18.3 Å². The molecule has 0 aliphatic heterocycles. The highest BCUT2D eigenvalue weighted by molar-refractivity contribution is 7.16. The molecule has 0 aliphatic rings. The average Bonchev–Trinajstić information content (AvgIpc) is 2.80. The first-order valence-corrected chi connectivity index (χ1v) is 6.15. The van der Waals surface area contributed by atoms with Crippen LogP contribution in [0.1, 0.15) is 10.6 Å². The van der Waals surface area contributed by atoms with Crippen molar-refractivity contribution in [1.82, 2.24) is 14.6 Å². The lowest BCUT2D eigenvalue weighted by molar-refractivity contribution is 0.595. The van der Waals surface area contributed by atoms with Gasteiger partial charge >= 0.3 is 0 Å². The zero-order valence-corrected chi connectivity index (χ0v) is 10.6. The number of aryl methyl sites for hydroxylation is 2. The van der Waals surface area contributed by atoms with Gasteiger partial charge in [0.05, 0.1) is 11.9 Å². The minimum Gasteiger partial charge on any atom is -0.217 e. The Kier molecular flexibility index (Phi) is 2.41. The van der Waals surface area contributed by atoms with Crippen LogP contribution in [0.2, 0.25) is 0 Å². The Morgan fingerprint density at radius 3 is 2.67 bits per heavy atom. The smallest absolute Gasteiger partial charge is 0.212 e. The van der Waals surface area contributed by atoms with Crippen molar-refractivity contribution in [3.05, 3.63) is 40.5 Å². The lowest BCUT2D eigenvalue weighted by atomic mass is 10.1. The normalized spacial score (nSPS) is 11.3. The van der Waals surface area contributed by atoms with Crippen LogP contribution in [0.3, 0.4) is 0 Å². The number of rotatable bonds is 1. The second-order valence-corrected chi connectivity index (χ2v) is 5.22. The summed E-state index contributed by atoms with van der Waals surface area (Å²) in [6, 6.07) is 2.35. The van der Waals surface area contributed by atoms with Crippen molar-refractivity contribution in [2.45, 2.75) is 13.8 Å². The molecular weight excluding hydrogens is 256 g/mol. The van der Waals surface area contributed by atoms with Gasteiger partial charge in [0.15, 0.2) is 0 Å². The van der Waals surface area contributed by atoms with E-state index in [4.69, 9.17) is 0 Å². The Hall–Kier alpha value is -1.82. The first-order chi connectivity index (χ1) is 8.54. The predicted molar refractivity (Wildman–Crippen MR) is 65.7 cm³/mol. The fourth-order valence-electron chi connectivity index (χ4n) is 1.77. The average molecular weight is 265 g/mol. The zero-order chi connectivity index (χ0) is 12.9. The van der Waals surface area contributed by atoms with E-state index in [2.05, 4.69) is 10.1 Å². The van der Waals surface area contributed by atoms with Gasteiger partial charge in [0.25, 0.3) is 0 Å². The van der Waals surface area contributed by atoms with Crippen molar-refractivity contribution in [1.29, 1.82) is 0 Å². The minimum absolute atomic E-state index is 0.161. The van der Waals surface area contributed by atoms with Crippen LogP contribution in [-0.4, -0.2) is 14.6 Å². The molecule has 2 aromatic heterocycles. The third-order valence-electron chi connectivity index (χ3n) is 2.67. The standard InChI is InChI=1S/C12H9F2N3S/c1-6-3-10(14)8(4-9(6)13)11-5-17-12(15-11)18-7(2)16-17/h3-5H,1-2H3. The molecule has 0 N–H and O–H groups in total. The summed E-state index contributed by atoms with van der Waals surface area (Å²) in [5.74, 6) is -0.914. The number of fused-ring (bicyclic) bond motifs is 1. The molecule has 1 aromatic carbocycles. The van der Waals surface area contributed by atoms with Crippen molar-refractivity contribution < 1.29 is 8.78 Å². The molecule has 0 unspecified atom stereocenters. The summed E-state index contributed by atoms with van der Waals surface area (Å²) < 4.78 is 28.8. The lowest BCUT2D eigenvalue weighted by Crippen LogP contribution is -1.90. The largest absolute Gasteiger partial charge is 0.217 e. The van der Waals surface area contributed by atoms with E-state index in [9.17, 15) is 8.78 Å². The molecule has 2 heterocycles. The van der Waals surface area contributed by atoms with E-state index in [1.165, 1.54) is 30.4 Å². The zero-order valence-electron chi connectivity index (χ0n) is 9.74. The van der Waals surface area contributed by atoms with Gasteiger partial charge in [0.2, 0.25) is 4.96 Å². The van der Waals surface area contributed by atoms with Crippen LogP contribution in [0.15, 0.2) is 18.3 Å². The van der Waals surface area contributed by atoms with Gasteiger partial charge in [0.1, 0.15) is 16.6 Å². The topological polar surface area (TPSA) is 30.2 Å². The third-order valence-corrected chi connectivity index (χ3v) is 3.51. The Morgan fingerprint density at radius 1 is 1.17 bits per heavy atom. The maximum absolute atomic E-state index is 13.8. The molecule has 0 aliphatic carbocycles. The van der Waals surface area contributed by atoms with E-state index in [1.807, 2.05) is 6.92 Å². The highest BCUT2D eigenvalue weighted by Gasteiger charge is 2.14. The summed E-state index contributed by atoms with van der Waals surface area (Å²) in [5.41, 5.74) is 0.838. The molecule has 3 aromatic rings. The summed E-state index contributed by atoms with van der Waals surface area (Å²) in [6.45, 7) is 3.39. The van der Waals surface area contributed by atoms with Crippen molar-refractivity contribution in [3.8, 4) is 11.3 Å². The van der Waals surface area contributed by atoms with Crippen molar-refractivity contribution in [3.63, 3.8) is 0 Å². The van der Waals surface area contributed by atoms with E-state index in [-0.39, 0.29) is 11.1 Å². The quantitative estimate of drug-likeness (QED) is 0.675. The molecule has 0 amide bonds. The van der Waals surface area contributed by atoms with Crippen molar-refractivity contribution in [2.24, 2.45) is 0 Å². The molecule has 92 valence electrons. The fourth-order valence-corrected chi connectivity index (χ4v) is 2.50. The van der Waals surface area contributed by atoms with Crippen LogP contribution in [0.25, 0.3) is 16.2 Å². The number of nitrogens with zero attached hydrogens (tertiary/aromatic N) is 3. The number of hydrogen-bond acceptors (Lipinski definition) is 3. The second-order valence-electron chi connectivity index (χ2n) is 4.06. The van der Waals surface area contributed by atoms with Crippen LogP contribution < -0.4 is 0 Å². The van der Waals surface area contributed by atoms with Gasteiger partial charge < -0.3 is 0 Å². The Labute approximate surface area is 106 Å². The summed E-state index contributed by atoms with van der Waals surface area (Å²) in [5, 5.41) is 5.06. The molecule has 3 rings (SSSR count). The maximum Gasteiger partial charge on any atom is 0.212 e. The van der Waals surface area contributed by atoms with E-state index < -0.39 is 11.6 Å². The lowest BCUT2D eigenvalue weighted by Gasteiger charge is -2.02. The van der Waals surface area contributed by atoms with Crippen LogP contribution in [-0.2, 0) is 0 Å². The molecule has 0 saturated carbocycles. The summed E-state index contributed by atoms with van der Waals surface area (Å²) in [4.78, 5) is 4.92. The van der Waals surface area contributed by atoms with E-state index >= 15 is 0 Å². The first kappa shape index (κ1) is 11.3. The highest BCUT2D eigenvalue weighted by atomic mass is 32.1. The molecule has 0 atom stereocenters. The van der Waals surface area contributed by atoms with Crippen LogP contribution in [0, 0.1) is 25.5 Å². The van der Waals surface area contributed by atoms with E-state index in [0.717, 1.165) is 5.01 Å². The van der Waals surface area contributed by atoms with E-state index in [1.54, 1.807) is 10.7 Å². The summed E-state index contributed by atoms with van der Waals surface area (Å²) in [7, 11) is 0. The van der Waals surface area contributed by atoms with Crippen LogP contribution >= 0.6 is 11.3 Å². The summed E-state index contributed by atoms with van der Waals surface area (Å²) in [6.07, 6.45) is 1.60. The number of benzene rings is 1. The van der Waals surface area contributed by atoms with E-state index in [0.29, 0.717) is 10.7 Å². The van der Waals surface area contributed by atoms with Gasteiger partial charge in [0, 0.05) is 5.56 Å². The van der Waals surface area contributed by atoms with Gasteiger partial charge in [-0.05, 0) is 31.5 Å². The molecule has 0 radical (unpaired) electrons. The first-order valence-electron chi connectivity index (χ1n) is 5.33. The molecule has 18 heavy (non-hydrogen) atoms. The monoisotopic (exact) mass is 265 g/mol. The minimum atomic E-state index is -0.476. The molecular formula is C12H9F2N3S. The van der Waals surface area contributed by atoms with Gasteiger partial charge in [-0.2, -0.15) is 5.10 Å². The number of imidazole rings is 1. The Balaban J connectivity index is 2.19. The summed E-state index contributed by atoms with van der Waals surface area (Å²) >= 11 is 1.41. The number of aromatic nitrogens is 3. The van der Waals surface area contributed by atoms with Crippen molar-refractivity contribution in [2.75, 3.05) is 0 Å². The molecule has 0 fully saturated rings. The Morgan fingerprint density at radius 2 is 1.94 bits per heavy atom. The van der Waals surface area contributed by atoms with Gasteiger partial charge in [-0.15, -0.1) is 0 Å². The molecule has 0 bridgehead atoms. The third kappa shape index (κ3) is 1.69. The predicted octanol–water partition coefficient (Wildman–Crippen LogP) is 3.35. The van der Waals surface area contributed by atoms with Crippen molar-refractivity contribution >= 4 is 16.3 Å².